The predicted molar refractivity (Wildman–Crippen MR) is 213 cm³/mol. The van der Waals surface area contributed by atoms with E-state index in [1.54, 1.807) is 0 Å². The lowest BCUT2D eigenvalue weighted by Crippen LogP contribution is -3.13. The van der Waals surface area contributed by atoms with Crippen LogP contribution in [0.3, 0.4) is 0 Å². The first-order chi connectivity index (χ1) is 26.1. The summed E-state index contributed by atoms with van der Waals surface area (Å²) in [6.45, 7) is 15.2. The highest BCUT2D eigenvalue weighted by Crippen LogP contribution is 2.30. The Morgan fingerprint density at radius 2 is 0.685 bits per heavy atom. The fourth-order valence-electron chi connectivity index (χ4n) is 7.12. The highest BCUT2D eigenvalue weighted by atomic mass is 16.4. The van der Waals surface area contributed by atoms with E-state index in [1.165, 1.54) is 57.7 Å². The fraction of sp³-hybridized carbons (Fsp3) is 0.435. The van der Waals surface area contributed by atoms with E-state index in [-0.39, 0.29) is 24.0 Å². The van der Waals surface area contributed by atoms with Crippen molar-refractivity contribution in [3.63, 3.8) is 0 Å². The molecule has 2 unspecified atom stereocenters. The Morgan fingerprint density at radius 1 is 0.463 bits per heavy atom. The molecule has 4 aromatic rings. The summed E-state index contributed by atoms with van der Waals surface area (Å²) in [5.41, 5.74) is 5.15. The van der Waals surface area contributed by atoms with Gasteiger partial charge in [-0.3, -0.25) is 0 Å². The molecule has 8 nitrogen and oxygen atoms in total. The minimum Gasteiger partial charge on any atom is -0.543 e. The third kappa shape index (κ3) is 18.1. The quantitative estimate of drug-likeness (QED) is 0.103. The van der Waals surface area contributed by atoms with Crippen molar-refractivity contribution in [3.8, 4) is 0 Å². The highest BCUT2D eigenvalue weighted by Gasteiger charge is 2.23. The van der Waals surface area contributed by atoms with Crippen molar-refractivity contribution in [1.82, 2.24) is 0 Å². The number of nitrogens with one attached hydrogen (secondary N) is 2. The molecule has 0 aliphatic rings. The number of rotatable bonds is 20. The summed E-state index contributed by atoms with van der Waals surface area (Å²) >= 11 is 0. The van der Waals surface area contributed by atoms with Gasteiger partial charge >= 0.3 is 0 Å². The van der Waals surface area contributed by atoms with Gasteiger partial charge in [0, 0.05) is 11.8 Å². The number of hydrogen-bond acceptors (Lipinski definition) is 6. The second-order valence-electron chi connectivity index (χ2n) is 14.0. The van der Waals surface area contributed by atoms with Crippen LogP contribution in [-0.4, -0.2) is 73.6 Å². The smallest absolute Gasteiger partial charge is 0.104 e. The van der Waals surface area contributed by atoms with Crippen LogP contribution in [0.5, 0.6) is 0 Å². The van der Waals surface area contributed by atoms with Gasteiger partial charge in [-0.15, -0.1) is 0 Å². The number of benzene rings is 4. The molecule has 2 atom stereocenters. The molecule has 4 aromatic carbocycles. The van der Waals surface area contributed by atoms with Gasteiger partial charge in [-0.05, 0) is 60.8 Å². The number of aliphatic hydroxyl groups is 2. The maximum Gasteiger partial charge on any atom is 0.104 e. The van der Waals surface area contributed by atoms with Crippen LogP contribution in [0.4, 0.5) is 0 Å². The summed E-state index contributed by atoms with van der Waals surface area (Å²) in [7, 11) is 0. The van der Waals surface area contributed by atoms with Crippen molar-refractivity contribution >= 4 is 11.9 Å². The molecular weight excluding hydrogens is 677 g/mol. The van der Waals surface area contributed by atoms with Crippen LogP contribution in [0.1, 0.15) is 100 Å². The van der Waals surface area contributed by atoms with Gasteiger partial charge in [0.05, 0.1) is 38.1 Å². The Balaban J connectivity index is 0.000000325. The van der Waals surface area contributed by atoms with E-state index in [9.17, 15) is 10.2 Å². The Kier molecular flexibility index (Phi) is 23.1. The minimum absolute atomic E-state index is 0.256. The third-order valence-corrected chi connectivity index (χ3v) is 9.45. The number of quaternary nitrogens is 2. The van der Waals surface area contributed by atoms with Gasteiger partial charge in [0.25, 0.3) is 0 Å². The number of carboxylic acids is 2. The first-order valence-corrected chi connectivity index (χ1v) is 19.8. The summed E-state index contributed by atoms with van der Waals surface area (Å²) in [5.74, 6) is -3.86. The van der Waals surface area contributed by atoms with Gasteiger partial charge in [-0.2, -0.15) is 0 Å². The standard InChI is InChI=1S/2C22H31NO.C2H2O4/c2*1-3-15-23(16-4-2)18-21(24)17-22(19-11-7-5-8-12-19)20-13-9-6-10-14-20;3-1(4)2(5)6/h2*5-14,21-22,24H,3-4,15-18H2,1-2H3;(H,3,4)(H,5,6). The molecule has 0 fully saturated rings. The molecule has 294 valence electrons. The molecule has 0 radical (unpaired) electrons. The molecule has 0 aliphatic carbocycles. The first kappa shape index (κ1) is 45.8. The van der Waals surface area contributed by atoms with Gasteiger partial charge in [0.2, 0.25) is 0 Å². The van der Waals surface area contributed by atoms with Gasteiger partial charge in [-0.1, -0.05) is 149 Å². The van der Waals surface area contributed by atoms with Gasteiger partial charge in [-0.25, -0.2) is 0 Å². The number of carboxylic acid groups (broad SMARTS) is 2. The highest BCUT2D eigenvalue weighted by molar-refractivity contribution is 6.25. The van der Waals surface area contributed by atoms with E-state index >= 15 is 0 Å². The molecule has 0 amide bonds. The molecule has 0 heterocycles. The second-order valence-corrected chi connectivity index (χ2v) is 14.0. The summed E-state index contributed by atoms with van der Waals surface area (Å²) in [5, 5.41) is 39.3. The van der Waals surface area contributed by atoms with E-state index in [0.29, 0.717) is 0 Å². The van der Waals surface area contributed by atoms with Crippen LogP contribution >= 0.6 is 0 Å². The van der Waals surface area contributed by atoms with E-state index < -0.39 is 11.9 Å². The average Bonchev–Trinajstić information content (AvgIpc) is 3.18. The van der Waals surface area contributed by atoms with E-state index in [0.717, 1.165) is 52.1 Å². The lowest BCUT2D eigenvalue weighted by Gasteiger charge is -2.25. The Hall–Kier alpha value is -4.34. The molecule has 8 heteroatoms. The Morgan fingerprint density at radius 3 is 0.870 bits per heavy atom. The number of aliphatic hydroxyl groups excluding tert-OH is 2. The molecule has 54 heavy (non-hydrogen) atoms. The number of aliphatic carboxylic acids is 2. The van der Waals surface area contributed by atoms with Crippen molar-refractivity contribution in [2.24, 2.45) is 0 Å². The normalized spacial score (nSPS) is 12.1. The molecule has 0 aromatic heterocycles. The number of hydrogen-bond donors (Lipinski definition) is 4. The minimum atomic E-state index is -2.19. The topological polar surface area (TPSA) is 130 Å². The van der Waals surface area contributed by atoms with Gasteiger partial charge in [0.1, 0.15) is 25.3 Å². The molecule has 0 saturated carbocycles. The average molecular weight is 741 g/mol. The molecule has 4 N–H and O–H groups in total. The summed E-state index contributed by atoms with van der Waals surface area (Å²) < 4.78 is 0. The lowest BCUT2D eigenvalue weighted by atomic mass is 9.86. The second kappa shape index (κ2) is 27.3. The van der Waals surface area contributed by atoms with Crippen LogP contribution in [0, 0.1) is 0 Å². The van der Waals surface area contributed by atoms with Crippen molar-refractivity contribution in [2.75, 3.05) is 39.3 Å². The molecule has 0 saturated heterocycles. The molecule has 0 spiro atoms. The Bertz CT molecular complexity index is 1320. The monoisotopic (exact) mass is 740 g/mol. The Labute approximate surface area is 324 Å². The van der Waals surface area contributed by atoms with E-state index in [4.69, 9.17) is 19.8 Å². The van der Waals surface area contributed by atoms with Crippen LogP contribution < -0.4 is 20.0 Å². The SMILES string of the molecule is CCC[NH+](CCC)CC(O)CC(c1ccccc1)c1ccccc1.CCC[NH+](CCC)CC(O)CC(c1ccccc1)c1ccccc1.O=C([O-])C(=O)[O-]. The van der Waals surface area contributed by atoms with Gasteiger partial charge < -0.3 is 39.8 Å². The summed E-state index contributed by atoms with van der Waals surface area (Å²) in [4.78, 5) is 20.9. The van der Waals surface area contributed by atoms with Crippen molar-refractivity contribution in [1.29, 1.82) is 0 Å². The van der Waals surface area contributed by atoms with Crippen LogP contribution in [-0.2, 0) is 9.59 Å². The zero-order valence-corrected chi connectivity index (χ0v) is 32.9. The summed E-state index contributed by atoms with van der Waals surface area (Å²) in [6, 6.07) is 42.3. The van der Waals surface area contributed by atoms with Crippen LogP contribution in [0.15, 0.2) is 121 Å². The zero-order chi connectivity index (χ0) is 39.6. The molecule has 0 bridgehead atoms. The number of carbonyl (C=O) groups is 2. The van der Waals surface area contributed by atoms with Crippen LogP contribution in [0.2, 0.25) is 0 Å². The van der Waals surface area contributed by atoms with Gasteiger partial charge in [0.15, 0.2) is 0 Å². The predicted octanol–water partition coefficient (Wildman–Crippen LogP) is 3.04. The lowest BCUT2D eigenvalue weighted by molar-refractivity contribution is -0.903. The maximum absolute atomic E-state index is 10.7. The first-order valence-electron chi connectivity index (χ1n) is 19.8. The van der Waals surface area contributed by atoms with Crippen molar-refractivity contribution in [3.05, 3.63) is 144 Å². The molecule has 4 rings (SSSR count). The molecular formula is C46H64N2O6. The number of carbonyl (C=O) groups excluding carboxylic acids is 2. The largest absolute Gasteiger partial charge is 0.543 e. The fourth-order valence-corrected chi connectivity index (χ4v) is 7.12. The van der Waals surface area contributed by atoms with Crippen LogP contribution in [0.25, 0.3) is 0 Å². The molecule has 0 aliphatic heterocycles. The summed E-state index contributed by atoms with van der Waals surface area (Å²) in [6.07, 6.45) is 5.69. The maximum atomic E-state index is 10.7. The third-order valence-electron chi connectivity index (χ3n) is 9.45. The van der Waals surface area contributed by atoms with E-state index in [2.05, 4.69) is 149 Å². The van der Waals surface area contributed by atoms with E-state index in [1.807, 2.05) is 0 Å². The van der Waals surface area contributed by atoms with Crippen molar-refractivity contribution in [2.45, 2.75) is 90.3 Å². The zero-order valence-electron chi connectivity index (χ0n) is 32.9. The van der Waals surface area contributed by atoms with Crippen molar-refractivity contribution < 1.29 is 39.8 Å².